The SMILES string of the molecule is Cc1cc(Cl)ccc1NC(=O)C1CC(=O)N(c2ccc3c(c2)OCCO3)C1. The fourth-order valence-electron chi connectivity index (χ4n) is 3.33. The van der Waals surface area contributed by atoms with E-state index in [1.165, 1.54) is 0 Å². The van der Waals surface area contributed by atoms with E-state index in [0.717, 1.165) is 5.56 Å². The smallest absolute Gasteiger partial charge is 0.229 e. The maximum atomic E-state index is 12.6. The molecule has 2 aliphatic rings. The quantitative estimate of drug-likeness (QED) is 0.877. The molecule has 1 atom stereocenters. The molecule has 1 unspecified atom stereocenters. The Morgan fingerprint density at radius 2 is 1.93 bits per heavy atom. The summed E-state index contributed by atoms with van der Waals surface area (Å²) in [5, 5.41) is 3.52. The lowest BCUT2D eigenvalue weighted by Gasteiger charge is -2.22. The Hall–Kier alpha value is -2.73. The Morgan fingerprint density at radius 1 is 1.15 bits per heavy atom. The summed E-state index contributed by atoms with van der Waals surface area (Å²) in [5.41, 5.74) is 2.29. The third-order valence-electron chi connectivity index (χ3n) is 4.78. The number of nitrogens with zero attached hydrogens (tertiary/aromatic N) is 1. The molecule has 0 aliphatic carbocycles. The van der Waals surface area contributed by atoms with Gasteiger partial charge in [0, 0.05) is 35.4 Å². The summed E-state index contributed by atoms with van der Waals surface area (Å²) < 4.78 is 11.1. The molecule has 6 nitrogen and oxygen atoms in total. The molecule has 0 saturated carbocycles. The highest BCUT2D eigenvalue weighted by atomic mass is 35.5. The number of nitrogens with one attached hydrogen (secondary N) is 1. The monoisotopic (exact) mass is 386 g/mol. The van der Waals surface area contributed by atoms with Crippen molar-refractivity contribution >= 4 is 34.8 Å². The second-order valence-corrected chi connectivity index (χ2v) is 7.12. The number of halogens is 1. The molecular weight excluding hydrogens is 368 g/mol. The van der Waals surface area contributed by atoms with Gasteiger partial charge in [-0.05, 0) is 42.8 Å². The predicted molar refractivity (Wildman–Crippen MR) is 103 cm³/mol. The first-order chi connectivity index (χ1) is 13.0. The Labute approximate surface area is 162 Å². The lowest BCUT2D eigenvalue weighted by molar-refractivity contribution is -0.122. The van der Waals surface area contributed by atoms with Gasteiger partial charge < -0.3 is 19.7 Å². The standard InChI is InChI=1S/C20H19ClN2O4/c1-12-8-14(21)2-4-16(12)22-20(25)13-9-19(24)23(11-13)15-3-5-17-18(10-15)27-7-6-26-17/h2-5,8,10,13H,6-7,9,11H2,1H3,(H,22,25). The zero-order valence-corrected chi connectivity index (χ0v) is 15.6. The molecule has 140 valence electrons. The Balaban J connectivity index is 1.48. The number of benzene rings is 2. The van der Waals surface area contributed by atoms with Gasteiger partial charge in [0.2, 0.25) is 11.8 Å². The number of carbonyl (C=O) groups is 2. The van der Waals surface area contributed by atoms with E-state index in [2.05, 4.69) is 5.32 Å². The molecule has 1 saturated heterocycles. The van der Waals surface area contributed by atoms with Crippen LogP contribution in [0.25, 0.3) is 0 Å². The number of hydrogen-bond acceptors (Lipinski definition) is 4. The van der Waals surface area contributed by atoms with E-state index in [1.54, 1.807) is 35.2 Å². The molecule has 7 heteroatoms. The number of ether oxygens (including phenoxy) is 2. The van der Waals surface area contributed by atoms with E-state index >= 15 is 0 Å². The highest BCUT2D eigenvalue weighted by Crippen LogP contribution is 2.36. The van der Waals surface area contributed by atoms with Gasteiger partial charge in [0.25, 0.3) is 0 Å². The maximum absolute atomic E-state index is 12.6. The van der Waals surface area contributed by atoms with Crippen LogP contribution < -0.4 is 19.7 Å². The van der Waals surface area contributed by atoms with E-state index in [4.69, 9.17) is 21.1 Å². The van der Waals surface area contributed by atoms with Gasteiger partial charge in [-0.2, -0.15) is 0 Å². The molecule has 2 aromatic rings. The van der Waals surface area contributed by atoms with Crippen molar-refractivity contribution < 1.29 is 19.1 Å². The number of fused-ring (bicyclic) bond motifs is 1. The van der Waals surface area contributed by atoms with Gasteiger partial charge in [-0.15, -0.1) is 0 Å². The highest BCUT2D eigenvalue weighted by Gasteiger charge is 2.35. The minimum atomic E-state index is -0.416. The highest BCUT2D eigenvalue weighted by molar-refractivity contribution is 6.30. The number of aryl methyl sites for hydroxylation is 1. The van der Waals surface area contributed by atoms with Crippen LogP contribution in [0.3, 0.4) is 0 Å². The molecule has 2 amide bonds. The Morgan fingerprint density at radius 3 is 2.70 bits per heavy atom. The number of rotatable bonds is 3. The summed E-state index contributed by atoms with van der Waals surface area (Å²) in [7, 11) is 0. The van der Waals surface area contributed by atoms with Crippen molar-refractivity contribution in [2.75, 3.05) is 30.0 Å². The van der Waals surface area contributed by atoms with Crippen LogP contribution in [0.5, 0.6) is 11.5 Å². The van der Waals surface area contributed by atoms with E-state index in [1.807, 2.05) is 13.0 Å². The van der Waals surface area contributed by atoms with Gasteiger partial charge in [-0.3, -0.25) is 9.59 Å². The average Bonchev–Trinajstić information content (AvgIpc) is 3.05. The molecule has 27 heavy (non-hydrogen) atoms. The molecule has 2 heterocycles. The third kappa shape index (κ3) is 3.57. The summed E-state index contributed by atoms with van der Waals surface area (Å²) in [5.74, 6) is 0.620. The minimum absolute atomic E-state index is 0.0837. The van der Waals surface area contributed by atoms with Crippen LogP contribution in [0, 0.1) is 12.8 Å². The van der Waals surface area contributed by atoms with Crippen molar-refractivity contribution in [3.63, 3.8) is 0 Å². The molecule has 4 rings (SSSR count). The normalized spacial score (nSPS) is 18.5. The van der Waals surface area contributed by atoms with Gasteiger partial charge in [0.15, 0.2) is 11.5 Å². The summed E-state index contributed by atoms with van der Waals surface area (Å²) in [4.78, 5) is 26.7. The predicted octanol–water partition coefficient (Wildman–Crippen LogP) is 3.41. The molecule has 0 bridgehead atoms. The maximum Gasteiger partial charge on any atom is 0.229 e. The first kappa shape index (κ1) is 17.7. The molecule has 1 N–H and O–H groups in total. The lowest BCUT2D eigenvalue weighted by atomic mass is 10.1. The minimum Gasteiger partial charge on any atom is -0.486 e. The summed E-state index contributed by atoms with van der Waals surface area (Å²) >= 11 is 5.95. The van der Waals surface area contributed by atoms with Crippen LogP contribution >= 0.6 is 11.6 Å². The molecule has 0 spiro atoms. The second kappa shape index (κ2) is 7.12. The second-order valence-electron chi connectivity index (χ2n) is 6.68. The van der Waals surface area contributed by atoms with E-state index < -0.39 is 5.92 Å². The van der Waals surface area contributed by atoms with Crippen LogP contribution in [0.1, 0.15) is 12.0 Å². The molecule has 1 fully saturated rings. The van der Waals surface area contributed by atoms with Gasteiger partial charge in [0.1, 0.15) is 13.2 Å². The van der Waals surface area contributed by atoms with Crippen molar-refractivity contribution in [3.8, 4) is 11.5 Å². The first-order valence-corrected chi connectivity index (χ1v) is 9.16. The van der Waals surface area contributed by atoms with Crippen molar-refractivity contribution in [2.45, 2.75) is 13.3 Å². The molecule has 2 aliphatic heterocycles. The van der Waals surface area contributed by atoms with Crippen LogP contribution in [0.15, 0.2) is 36.4 Å². The Kier molecular flexibility index (Phi) is 4.66. The van der Waals surface area contributed by atoms with Crippen molar-refractivity contribution in [1.82, 2.24) is 0 Å². The number of carbonyl (C=O) groups excluding carboxylic acids is 2. The van der Waals surface area contributed by atoms with Gasteiger partial charge in [0.05, 0.1) is 5.92 Å². The number of amides is 2. The summed E-state index contributed by atoms with van der Waals surface area (Å²) in [6.07, 6.45) is 0.174. The largest absolute Gasteiger partial charge is 0.486 e. The zero-order valence-electron chi connectivity index (χ0n) is 14.8. The summed E-state index contributed by atoms with van der Waals surface area (Å²) in [6.45, 7) is 3.21. The fraction of sp³-hybridized carbons (Fsp3) is 0.300. The van der Waals surface area contributed by atoms with Crippen molar-refractivity contribution in [2.24, 2.45) is 5.92 Å². The Bertz CT molecular complexity index is 915. The van der Waals surface area contributed by atoms with Crippen LogP contribution in [0.4, 0.5) is 11.4 Å². The van der Waals surface area contributed by atoms with E-state index in [0.29, 0.717) is 47.7 Å². The van der Waals surface area contributed by atoms with Crippen LogP contribution in [-0.4, -0.2) is 31.6 Å². The summed E-state index contributed by atoms with van der Waals surface area (Å²) in [6, 6.07) is 10.7. The lowest BCUT2D eigenvalue weighted by Crippen LogP contribution is -2.28. The van der Waals surface area contributed by atoms with Gasteiger partial charge in [-0.1, -0.05) is 11.6 Å². The molecular formula is C20H19ClN2O4. The van der Waals surface area contributed by atoms with Crippen molar-refractivity contribution in [1.29, 1.82) is 0 Å². The zero-order chi connectivity index (χ0) is 19.0. The molecule has 2 aromatic carbocycles. The van der Waals surface area contributed by atoms with Crippen LogP contribution in [-0.2, 0) is 9.59 Å². The molecule has 0 aromatic heterocycles. The first-order valence-electron chi connectivity index (χ1n) is 8.78. The van der Waals surface area contributed by atoms with Gasteiger partial charge >= 0.3 is 0 Å². The van der Waals surface area contributed by atoms with E-state index in [9.17, 15) is 9.59 Å². The fourth-order valence-corrected chi connectivity index (χ4v) is 3.56. The van der Waals surface area contributed by atoms with Crippen molar-refractivity contribution in [3.05, 3.63) is 47.0 Å². The number of hydrogen-bond donors (Lipinski definition) is 1. The topological polar surface area (TPSA) is 67.9 Å². The third-order valence-corrected chi connectivity index (χ3v) is 5.01. The number of anilines is 2. The average molecular weight is 387 g/mol. The van der Waals surface area contributed by atoms with E-state index in [-0.39, 0.29) is 18.2 Å². The molecule has 0 radical (unpaired) electrons. The van der Waals surface area contributed by atoms with Gasteiger partial charge in [-0.25, -0.2) is 0 Å². The van der Waals surface area contributed by atoms with Crippen LogP contribution in [0.2, 0.25) is 5.02 Å².